The maximum Gasteiger partial charge on any atom is 0.327 e. The Bertz CT molecular complexity index is 475. The highest BCUT2D eigenvalue weighted by Crippen LogP contribution is 2.45. The van der Waals surface area contributed by atoms with Crippen LogP contribution in [0.15, 0.2) is 18.2 Å². The summed E-state index contributed by atoms with van der Waals surface area (Å²) in [4.78, 5) is 0. The van der Waals surface area contributed by atoms with Crippen molar-refractivity contribution in [2.75, 3.05) is 13.3 Å². The fourth-order valence-corrected chi connectivity index (χ4v) is 2.89. The molecular weight excluding hydrogens is 259 g/mol. The van der Waals surface area contributed by atoms with Crippen molar-refractivity contribution in [3.05, 3.63) is 34.9 Å². The Morgan fingerprint density at radius 2 is 1.84 bits per heavy atom. The van der Waals surface area contributed by atoms with Crippen LogP contribution in [0.2, 0.25) is 0 Å². The third-order valence-corrected chi connectivity index (χ3v) is 4.22. The van der Waals surface area contributed by atoms with Crippen molar-refractivity contribution in [3.8, 4) is 0 Å². The highest BCUT2D eigenvalue weighted by atomic mass is 31.2. The molecule has 0 aromatic heterocycles. The Kier molecular flexibility index (Phi) is 5.37. The van der Waals surface area contributed by atoms with E-state index in [0.29, 0.717) is 13.2 Å². The van der Waals surface area contributed by atoms with Gasteiger partial charge in [-0.2, -0.15) is 0 Å². The van der Waals surface area contributed by atoms with Crippen LogP contribution < -0.4 is 0 Å². The van der Waals surface area contributed by atoms with E-state index in [1.54, 1.807) is 0 Å². The Labute approximate surface area is 116 Å². The summed E-state index contributed by atoms with van der Waals surface area (Å²) in [6.45, 7) is 12.6. The second-order valence-corrected chi connectivity index (χ2v) is 7.93. The lowest BCUT2D eigenvalue weighted by molar-refractivity contribution is 0.208. The van der Waals surface area contributed by atoms with Gasteiger partial charge in [0, 0.05) is 6.66 Å². The zero-order valence-corrected chi connectivity index (χ0v) is 13.7. The highest BCUT2D eigenvalue weighted by molar-refractivity contribution is 7.52. The van der Waals surface area contributed by atoms with Gasteiger partial charge in [0.2, 0.25) is 0 Å². The number of benzene rings is 1. The zero-order chi connectivity index (χ0) is 14.7. The summed E-state index contributed by atoms with van der Waals surface area (Å²) >= 11 is 0. The molecule has 3 nitrogen and oxygen atoms in total. The van der Waals surface area contributed by atoms with E-state index >= 15 is 0 Å². The van der Waals surface area contributed by atoms with E-state index in [1.807, 2.05) is 13.0 Å². The largest absolute Gasteiger partial charge is 0.327 e. The monoisotopic (exact) mass is 284 g/mol. The molecule has 1 aromatic carbocycles. The van der Waals surface area contributed by atoms with Gasteiger partial charge >= 0.3 is 7.60 Å². The predicted octanol–water partition coefficient (Wildman–Crippen LogP) is 4.67. The van der Waals surface area contributed by atoms with E-state index < -0.39 is 7.60 Å². The predicted molar refractivity (Wildman–Crippen MR) is 79.8 cm³/mol. The van der Waals surface area contributed by atoms with Gasteiger partial charge in [0.25, 0.3) is 0 Å². The van der Waals surface area contributed by atoms with Gasteiger partial charge in [-0.05, 0) is 30.4 Å². The summed E-state index contributed by atoms with van der Waals surface area (Å²) in [5.41, 5.74) is 3.55. The van der Waals surface area contributed by atoms with Crippen LogP contribution >= 0.6 is 7.60 Å². The van der Waals surface area contributed by atoms with Crippen LogP contribution in [-0.2, 0) is 25.6 Å². The lowest BCUT2D eigenvalue weighted by Gasteiger charge is -2.24. The Morgan fingerprint density at radius 1 is 1.21 bits per heavy atom. The standard InChI is InChI=1S/C15H25O3P/c1-7-17-19(6,16)18-11-13-9-8-12(2)10-14(13)15(3,4)5/h8-10H,7,11H2,1-6H3. The SMILES string of the molecule is CCOP(C)(=O)OCc1ccc(C)cc1C(C)(C)C. The van der Waals surface area contributed by atoms with E-state index in [-0.39, 0.29) is 5.41 Å². The van der Waals surface area contributed by atoms with Crippen molar-refractivity contribution in [1.82, 2.24) is 0 Å². The van der Waals surface area contributed by atoms with Crippen molar-refractivity contribution in [2.24, 2.45) is 0 Å². The van der Waals surface area contributed by atoms with Crippen LogP contribution in [0.25, 0.3) is 0 Å². The first-order valence-electron chi connectivity index (χ1n) is 6.62. The van der Waals surface area contributed by atoms with Crippen LogP contribution in [0, 0.1) is 6.92 Å². The fraction of sp³-hybridized carbons (Fsp3) is 0.600. The molecule has 0 aliphatic rings. The van der Waals surface area contributed by atoms with Crippen LogP contribution in [0.5, 0.6) is 0 Å². The average molecular weight is 284 g/mol. The van der Waals surface area contributed by atoms with Crippen LogP contribution in [-0.4, -0.2) is 13.3 Å². The molecule has 0 saturated carbocycles. The molecule has 1 rings (SSSR count). The molecule has 1 unspecified atom stereocenters. The van der Waals surface area contributed by atoms with Gasteiger partial charge in [0.1, 0.15) is 0 Å². The summed E-state index contributed by atoms with van der Waals surface area (Å²) in [7, 11) is -2.94. The zero-order valence-electron chi connectivity index (χ0n) is 12.8. The molecule has 1 atom stereocenters. The summed E-state index contributed by atoms with van der Waals surface area (Å²) < 4.78 is 22.6. The normalized spacial score (nSPS) is 15.3. The Balaban J connectivity index is 2.93. The van der Waals surface area contributed by atoms with Crippen LogP contribution in [0.1, 0.15) is 44.4 Å². The molecule has 1 aromatic rings. The molecule has 0 radical (unpaired) electrons. The molecule has 108 valence electrons. The van der Waals surface area contributed by atoms with E-state index in [9.17, 15) is 4.57 Å². The molecule has 19 heavy (non-hydrogen) atoms. The van der Waals surface area contributed by atoms with Gasteiger partial charge < -0.3 is 9.05 Å². The second-order valence-electron chi connectivity index (χ2n) is 5.87. The van der Waals surface area contributed by atoms with E-state index in [2.05, 4.69) is 39.8 Å². The van der Waals surface area contributed by atoms with Crippen molar-refractivity contribution in [3.63, 3.8) is 0 Å². The minimum Gasteiger partial charge on any atom is -0.309 e. The highest BCUT2D eigenvalue weighted by Gasteiger charge is 2.21. The van der Waals surface area contributed by atoms with Gasteiger partial charge in [-0.3, -0.25) is 4.57 Å². The quantitative estimate of drug-likeness (QED) is 0.737. The maximum absolute atomic E-state index is 12.0. The first-order chi connectivity index (χ1) is 8.65. The molecule has 4 heteroatoms. The van der Waals surface area contributed by atoms with Crippen LogP contribution in [0.3, 0.4) is 0 Å². The number of rotatable bonds is 5. The number of aryl methyl sites for hydroxylation is 1. The van der Waals surface area contributed by atoms with Crippen molar-refractivity contribution in [2.45, 2.75) is 46.6 Å². The van der Waals surface area contributed by atoms with Gasteiger partial charge in [-0.15, -0.1) is 0 Å². The molecule has 0 heterocycles. The molecule has 0 spiro atoms. The summed E-state index contributed by atoms with van der Waals surface area (Å²) in [6.07, 6.45) is 0. The summed E-state index contributed by atoms with van der Waals surface area (Å²) in [5.74, 6) is 0. The maximum atomic E-state index is 12.0. The number of hydrogen-bond donors (Lipinski definition) is 0. The van der Waals surface area contributed by atoms with E-state index in [0.717, 1.165) is 5.56 Å². The van der Waals surface area contributed by atoms with Crippen molar-refractivity contribution >= 4 is 7.60 Å². The van der Waals surface area contributed by atoms with E-state index in [4.69, 9.17) is 9.05 Å². The van der Waals surface area contributed by atoms with Gasteiger partial charge in [-0.25, -0.2) is 0 Å². The van der Waals surface area contributed by atoms with Crippen molar-refractivity contribution < 1.29 is 13.6 Å². The van der Waals surface area contributed by atoms with Gasteiger partial charge in [-0.1, -0.05) is 44.5 Å². The summed E-state index contributed by atoms with van der Waals surface area (Å²) in [5, 5.41) is 0. The molecule has 0 amide bonds. The average Bonchev–Trinajstić information content (AvgIpc) is 2.26. The lowest BCUT2D eigenvalue weighted by Crippen LogP contribution is -2.15. The third-order valence-electron chi connectivity index (χ3n) is 2.89. The topological polar surface area (TPSA) is 35.5 Å². The molecule has 0 bridgehead atoms. The van der Waals surface area contributed by atoms with Gasteiger partial charge in [0.05, 0.1) is 13.2 Å². The van der Waals surface area contributed by atoms with Crippen molar-refractivity contribution in [1.29, 1.82) is 0 Å². The molecule has 0 aliphatic carbocycles. The fourth-order valence-electron chi connectivity index (χ4n) is 1.97. The minimum atomic E-state index is -2.94. The number of hydrogen-bond acceptors (Lipinski definition) is 3. The smallest absolute Gasteiger partial charge is 0.309 e. The summed E-state index contributed by atoms with van der Waals surface area (Å²) in [6, 6.07) is 6.26. The molecule has 0 saturated heterocycles. The van der Waals surface area contributed by atoms with Crippen LogP contribution in [0.4, 0.5) is 0 Å². The lowest BCUT2D eigenvalue weighted by atomic mass is 9.83. The minimum absolute atomic E-state index is 0.0358. The first kappa shape index (κ1) is 16.4. The van der Waals surface area contributed by atoms with Gasteiger partial charge in [0.15, 0.2) is 0 Å². The molecule has 0 fully saturated rings. The molecular formula is C15H25O3P. The molecule has 0 N–H and O–H groups in total. The first-order valence-corrected chi connectivity index (χ1v) is 8.61. The molecule has 0 aliphatic heterocycles. The Hall–Kier alpha value is -0.630. The Morgan fingerprint density at radius 3 is 2.37 bits per heavy atom. The third kappa shape index (κ3) is 5.10. The second kappa shape index (κ2) is 6.21. The van der Waals surface area contributed by atoms with E-state index in [1.165, 1.54) is 17.8 Å².